The zero-order valence-corrected chi connectivity index (χ0v) is 14.6. The predicted molar refractivity (Wildman–Crippen MR) is 92.1 cm³/mol. The number of fused-ring (bicyclic) bond motifs is 1. The van der Waals surface area contributed by atoms with Gasteiger partial charge in [0, 0.05) is 12.5 Å². The Morgan fingerprint density at radius 2 is 1.92 bits per heavy atom. The molecule has 0 aliphatic heterocycles. The molecule has 1 aromatic carbocycles. The number of alkyl carbamates (subject to hydrolysis) is 1. The molecule has 6 nitrogen and oxygen atoms in total. The number of carbonyl (C=O) groups excluding carboxylic acids is 1. The van der Waals surface area contributed by atoms with Crippen LogP contribution >= 0.6 is 0 Å². The van der Waals surface area contributed by atoms with Crippen LogP contribution in [0.15, 0.2) is 48.7 Å². The number of carbonyl (C=O) groups is 1. The van der Waals surface area contributed by atoms with E-state index in [2.05, 4.69) is 5.32 Å². The molecule has 0 saturated carbocycles. The van der Waals surface area contributed by atoms with Gasteiger partial charge in [-0.2, -0.15) is 0 Å². The Morgan fingerprint density at radius 3 is 2.64 bits per heavy atom. The van der Waals surface area contributed by atoms with E-state index in [1.165, 1.54) is 6.20 Å². The van der Waals surface area contributed by atoms with Crippen LogP contribution in [0.25, 0.3) is 0 Å². The van der Waals surface area contributed by atoms with Gasteiger partial charge in [0.05, 0.1) is 12.1 Å². The molecule has 3 rings (SSSR count). The summed E-state index contributed by atoms with van der Waals surface area (Å²) in [4.78, 5) is 12.2. The van der Waals surface area contributed by atoms with Crippen molar-refractivity contribution in [3.8, 4) is 5.88 Å². The highest BCUT2D eigenvalue weighted by Crippen LogP contribution is 2.33. The third-order valence-corrected chi connectivity index (χ3v) is 3.92. The Bertz CT molecular complexity index is 770. The second-order valence-corrected chi connectivity index (χ2v) is 7.05. The summed E-state index contributed by atoms with van der Waals surface area (Å²) >= 11 is 0. The van der Waals surface area contributed by atoms with E-state index >= 15 is 0 Å². The summed E-state index contributed by atoms with van der Waals surface area (Å²) in [6.07, 6.45) is 1.09. The molecule has 132 valence electrons. The highest BCUT2D eigenvalue weighted by Gasteiger charge is 2.37. The minimum Gasteiger partial charge on any atom is -0.616 e. The third-order valence-electron chi connectivity index (χ3n) is 3.92. The molecule has 25 heavy (non-hydrogen) atoms. The Hall–Kier alpha value is -2.76. The smallest absolute Gasteiger partial charge is 0.408 e. The minimum atomic E-state index is -0.587. The molecule has 1 aliphatic rings. The third kappa shape index (κ3) is 4.02. The SMILES string of the molecule is CC(C)(C)OC(=O)N[C@H]1c2ccccc2C[C@H]1Oc1cccc[n+]1[O-]. The number of nitrogens with zero attached hydrogens (tertiary/aromatic N) is 1. The van der Waals surface area contributed by atoms with Crippen LogP contribution in [0, 0.1) is 5.21 Å². The molecule has 1 aliphatic carbocycles. The molecule has 1 N–H and O–H groups in total. The van der Waals surface area contributed by atoms with Crippen LogP contribution in [0.3, 0.4) is 0 Å². The Kier molecular flexibility index (Phi) is 4.53. The van der Waals surface area contributed by atoms with Crippen LogP contribution in [-0.2, 0) is 11.2 Å². The van der Waals surface area contributed by atoms with Crippen LogP contribution in [0.2, 0.25) is 0 Å². The minimum absolute atomic E-state index is 0.205. The second-order valence-electron chi connectivity index (χ2n) is 7.05. The second kappa shape index (κ2) is 6.63. The van der Waals surface area contributed by atoms with Crippen molar-refractivity contribution in [3.05, 3.63) is 65.0 Å². The van der Waals surface area contributed by atoms with E-state index in [0.717, 1.165) is 11.1 Å². The van der Waals surface area contributed by atoms with Gasteiger partial charge in [0.15, 0.2) is 6.20 Å². The summed E-state index contributed by atoms with van der Waals surface area (Å²) in [5, 5.41) is 14.8. The van der Waals surface area contributed by atoms with E-state index in [0.29, 0.717) is 11.2 Å². The lowest BCUT2D eigenvalue weighted by atomic mass is 10.1. The van der Waals surface area contributed by atoms with Crippen LogP contribution < -0.4 is 14.8 Å². The van der Waals surface area contributed by atoms with Crippen LogP contribution in [-0.4, -0.2) is 17.8 Å². The number of aromatic nitrogens is 1. The fourth-order valence-electron chi connectivity index (χ4n) is 2.93. The summed E-state index contributed by atoms with van der Waals surface area (Å²) in [7, 11) is 0. The fraction of sp³-hybridized carbons (Fsp3) is 0.368. The van der Waals surface area contributed by atoms with E-state index in [4.69, 9.17) is 9.47 Å². The van der Waals surface area contributed by atoms with Gasteiger partial charge in [0.1, 0.15) is 11.7 Å². The van der Waals surface area contributed by atoms with E-state index < -0.39 is 11.7 Å². The van der Waals surface area contributed by atoms with Crippen LogP contribution in [0.1, 0.15) is 37.9 Å². The molecule has 1 aromatic heterocycles. The summed E-state index contributed by atoms with van der Waals surface area (Å²) in [5.41, 5.74) is 1.48. The lowest BCUT2D eigenvalue weighted by Crippen LogP contribution is -2.41. The van der Waals surface area contributed by atoms with Crippen molar-refractivity contribution in [1.82, 2.24) is 5.32 Å². The standard InChI is InChI=1S/C19H22N2O4/c1-19(2,3)25-18(22)20-17-14-9-5-4-8-13(14)12-15(17)24-16-10-6-7-11-21(16)23/h4-11,15,17H,12H2,1-3H3,(H,20,22)/t15-,17+/m1/s1. The maximum Gasteiger partial charge on any atom is 0.408 e. The van der Waals surface area contributed by atoms with Gasteiger partial charge in [0.2, 0.25) is 0 Å². The van der Waals surface area contributed by atoms with Crippen molar-refractivity contribution < 1.29 is 19.0 Å². The molecule has 0 bridgehead atoms. The average Bonchev–Trinajstić information content (AvgIpc) is 2.85. The first kappa shape index (κ1) is 17.1. The molecule has 0 saturated heterocycles. The van der Waals surface area contributed by atoms with Crippen LogP contribution in [0.5, 0.6) is 5.88 Å². The van der Waals surface area contributed by atoms with Gasteiger partial charge >= 0.3 is 12.0 Å². The molecule has 1 amide bonds. The first-order valence-electron chi connectivity index (χ1n) is 8.26. The first-order valence-corrected chi connectivity index (χ1v) is 8.26. The number of ether oxygens (including phenoxy) is 2. The molecule has 2 atom stereocenters. The van der Waals surface area contributed by atoms with Crippen molar-refractivity contribution in [2.24, 2.45) is 0 Å². The monoisotopic (exact) mass is 342 g/mol. The van der Waals surface area contributed by atoms with Crippen molar-refractivity contribution in [2.45, 2.75) is 44.9 Å². The first-order chi connectivity index (χ1) is 11.8. The zero-order valence-electron chi connectivity index (χ0n) is 14.6. The van der Waals surface area contributed by atoms with Crippen molar-refractivity contribution in [2.75, 3.05) is 0 Å². The van der Waals surface area contributed by atoms with Gasteiger partial charge < -0.3 is 20.0 Å². The summed E-state index contributed by atoms with van der Waals surface area (Å²) < 4.78 is 12.0. The Labute approximate surface area is 147 Å². The van der Waals surface area contributed by atoms with Crippen molar-refractivity contribution in [1.29, 1.82) is 0 Å². The molecule has 0 unspecified atom stereocenters. The zero-order chi connectivity index (χ0) is 18.0. The maximum absolute atomic E-state index is 12.2. The Balaban J connectivity index is 1.82. The van der Waals surface area contributed by atoms with E-state index in [1.807, 2.05) is 45.0 Å². The lowest BCUT2D eigenvalue weighted by Gasteiger charge is -2.25. The largest absolute Gasteiger partial charge is 0.616 e. The normalized spacial score (nSPS) is 19.2. The van der Waals surface area contributed by atoms with Gasteiger partial charge in [-0.05, 0) is 38.0 Å². The number of pyridine rings is 1. The molecule has 2 aromatic rings. The van der Waals surface area contributed by atoms with E-state index in [1.54, 1.807) is 18.2 Å². The molecule has 1 heterocycles. The number of benzene rings is 1. The lowest BCUT2D eigenvalue weighted by molar-refractivity contribution is -0.613. The van der Waals surface area contributed by atoms with Gasteiger partial charge in [0.25, 0.3) is 0 Å². The predicted octanol–water partition coefficient (Wildman–Crippen LogP) is 2.89. The summed E-state index contributed by atoms with van der Waals surface area (Å²) in [6.45, 7) is 5.44. The molecular weight excluding hydrogens is 320 g/mol. The fourth-order valence-corrected chi connectivity index (χ4v) is 2.93. The topological polar surface area (TPSA) is 74.5 Å². The number of hydrogen-bond acceptors (Lipinski definition) is 4. The van der Waals surface area contributed by atoms with E-state index in [9.17, 15) is 10.0 Å². The Morgan fingerprint density at radius 1 is 1.20 bits per heavy atom. The van der Waals surface area contributed by atoms with Gasteiger partial charge in [-0.25, -0.2) is 4.79 Å². The molecular formula is C19H22N2O4. The molecule has 0 radical (unpaired) electrons. The molecule has 0 fully saturated rings. The summed E-state index contributed by atoms with van der Waals surface area (Å²) in [6, 6.07) is 12.4. The molecule has 0 spiro atoms. The quantitative estimate of drug-likeness (QED) is 0.687. The number of hydrogen-bond donors (Lipinski definition) is 1. The van der Waals surface area contributed by atoms with E-state index in [-0.39, 0.29) is 18.0 Å². The van der Waals surface area contributed by atoms with Gasteiger partial charge in [-0.1, -0.05) is 24.3 Å². The number of nitrogens with one attached hydrogen (secondary N) is 1. The van der Waals surface area contributed by atoms with Crippen molar-refractivity contribution in [3.63, 3.8) is 0 Å². The molecule has 6 heteroatoms. The maximum atomic E-state index is 12.2. The average molecular weight is 342 g/mol. The number of amides is 1. The highest BCUT2D eigenvalue weighted by molar-refractivity contribution is 5.69. The van der Waals surface area contributed by atoms with Gasteiger partial charge in [-0.3, -0.25) is 0 Å². The summed E-state index contributed by atoms with van der Waals surface area (Å²) in [5.74, 6) is 0.205. The van der Waals surface area contributed by atoms with Crippen molar-refractivity contribution >= 4 is 6.09 Å². The van der Waals surface area contributed by atoms with Gasteiger partial charge in [-0.15, -0.1) is 4.73 Å². The number of rotatable bonds is 3. The highest BCUT2D eigenvalue weighted by atomic mass is 16.6. The van der Waals surface area contributed by atoms with Crippen LogP contribution in [0.4, 0.5) is 4.79 Å².